The Balaban J connectivity index is 2.85. The van der Waals surface area contributed by atoms with Crippen LogP contribution in [-0.2, 0) is 0 Å². The van der Waals surface area contributed by atoms with E-state index in [-0.39, 0.29) is 0 Å². The van der Waals surface area contributed by atoms with Crippen molar-refractivity contribution >= 4 is 45.7 Å². The monoisotopic (exact) mass is 225 g/mol. The van der Waals surface area contributed by atoms with E-state index >= 15 is 0 Å². The number of thiophene rings is 1. The molecule has 0 aliphatic rings. The summed E-state index contributed by atoms with van der Waals surface area (Å²) < 4.78 is 1.73. The first-order chi connectivity index (χ1) is 6.20. The summed E-state index contributed by atoms with van der Waals surface area (Å²) in [6.07, 6.45) is 0. The van der Waals surface area contributed by atoms with Gasteiger partial charge < -0.3 is 0 Å². The smallest absolute Gasteiger partial charge is 0.0992 e. The van der Waals surface area contributed by atoms with E-state index < -0.39 is 0 Å². The van der Waals surface area contributed by atoms with Crippen molar-refractivity contribution in [2.75, 3.05) is 0 Å². The van der Waals surface area contributed by atoms with Gasteiger partial charge in [-0.3, -0.25) is 0 Å². The number of nitriles is 1. The van der Waals surface area contributed by atoms with Crippen LogP contribution in [0.3, 0.4) is 0 Å². The van der Waals surface area contributed by atoms with Gasteiger partial charge in [0.2, 0.25) is 0 Å². The fraction of sp³-hybridized carbons (Fsp3) is 0. The summed E-state index contributed by atoms with van der Waals surface area (Å²) in [5.41, 5.74) is 0.621. The molecule has 0 saturated carbocycles. The molecule has 1 aromatic heterocycles. The van der Waals surface area contributed by atoms with Crippen LogP contribution in [0.4, 0.5) is 0 Å². The lowest BCUT2D eigenvalue weighted by Crippen LogP contribution is -1.74. The molecule has 13 heavy (non-hydrogen) atoms. The van der Waals surface area contributed by atoms with Gasteiger partial charge in [-0.05, 0) is 18.2 Å². The van der Waals surface area contributed by atoms with Crippen LogP contribution >= 0.6 is 35.6 Å². The van der Waals surface area contributed by atoms with E-state index in [1.807, 2.05) is 12.1 Å². The third-order valence-electron chi connectivity index (χ3n) is 1.71. The van der Waals surface area contributed by atoms with E-state index in [1.165, 1.54) is 11.3 Å². The molecular formula is C9H4ClNS2. The Morgan fingerprint density at radius 1 is 1.38 bits per heavy atom. The highest BCUT2D eigenvalue weighted by molar-refractivity contribution is 7.80. The predicted octanol–water partition coefficient (Wildman–Crippen LogP) is 3.72. The van der Waals surface area contributed by atoms with Crippen LogP contribution in [-0.4, -0.2) is 0 Å². The van der Waals surface area contributed by atoms with Crippen LogP contribution in [0.5, 0.6) is 0 Å². The number of nitrogens with zero attached hydrogens (tertiary/aromatic N) is 1. The maximum Gasteiger partial charge on any atom is 0.0992 e. The quantitative estimate of drug-likeness (QED) is 0.679. The van der Waals surface area contributed by atoms with E-state index in [2.05, 4.69) is 18.7 Å². The molecule has 0 saturated heterocycles. The molecule has 0 fully saturated rings. The van der Waals surface area contributed by atoms with Crippen LogP contribution in [0.2, 0.25) is 4.34 Å². The van der Waals surface area contributed by atoms with Gasteiger partial charge in [-0.1, -0.05) is 11.6 Å². The van der Waals surface area contributed by atoms with Crippen molar-refractivity contribution in [1.29, 1.82) is 5.26 Å². The highest BCUT2D eigenvalue weighted by atomic mass is 35.5. The van der Waals surface area contributed by atoms with Crippen molar-refractivity contribution in [3.63, 3.8) is 0 Å². The maximum absolute atomic E-state index is 8.72. The van der Waals surface area contributed by atoms with E-state index in [1.54, 1.807) is 6.07 Å². The van der Waals surface area contributed by atoms with Crippen molar-refractivity contribution in [3.8, 4) is 6.07 Å². The second-order valence-corrected chi connectivity index (χ2v) is 4.77. The van der Waals surface area contributed by atoms with Crippen molar-refractivity contribution in [3.05, 3.63) is 28.1 Å². The summed E-state index contributed by atoms with van der Waals surface area (Å²) in [4.78, 5) is 0.803. The molecule has 0 N–H and O–H groups in total. The minimum atomic E-state index is 0.621. The summed E-state index contributed by atoms with van der Waals surface area (Å²) in [6, 6.07) is 7.52. The molecule has 0 bridgehead atoms. The second kappa shape index (κ2) is 3.22. The van der Waals surface area contributed by atoms with Crippen molar-refractivity contribution < 1.29 is 0 Å². The Morgan fingerprint density at radius 3 is 2.85 bits per heavy atom. The zero-order chi connectivity index (χ0) is 9.42. The highest BCUT2D eigenvalue weighted by Crippen LogP contribution is 2.33. The molecule has 0 aliphatic heterocycles. The second-order valence-electron chi connectivity index (χ2n) is 2.57. The van der Waals surface area contributed by atoms with Gasteiger partial charge in [0.25, 0.3) is 0 Å². The first-order valence-corrected chi connectivity index (χ1v) is 5.17. The molecule has 1 nitrogen and oxygen atoms in total. The Kier molecular flexibility index (Phi) is 2.20. The SMILES string of the molecule is N#Cc1cc(S)c2cc(Cl)sc2c1. The van der Waals surface area contributed by atoms with Gasteiger partial charge in [-0.15, -0.1) is 24.0 Å². The number of halogens is 1. The Hall–Kier alpha value is -0.690. The first-order valence-electron chi connectivity index (χ1n) is 3.53. The van der Waals surface area contributed by atoms with Gasteiger partial charge in [0.05, 0.1) is 16.0 Å². The molecule has 0 amide bonds. The lowest BCUT2D eigenvalue weighted by Gasteiger charge is -1.94. The molecular weight excluding hydrogens is 222 g/mol. The maximum atomic E-state index is 8.72. The van der Waals surface area contributed by atoms with Gasteiger partial charge in [0.1, 0.15) is 0 Å². The zero-order valence-corrected chi connectivity index (χ0v) is 8.88. The summed E-state index contributed by atoms with van der Waals surface area (Å²) in [7, 11) is 0. The van der Waals surface area contributed by atoms with Gasteiger partial charge in [0.15, 0.2) is 0 Å². The van der Waals surface area contributed by atoms with Crippen LogP contribution < -0.4 is 0 Å². The molecule has 0 aliphatic carbocycles. The highest BCUT2D eigenvalue weighted by Gasteiger charge is 2.04. The molecule has 1 aromatic carbocycles. The number of thiol groups is 1. The standard InChI is InChI=1S/C9H4ClNS2/c10-9-3-6-7(12)1-5(4-11)2-8(6)13-9/h1-3,12H. The zero-order valence-electron chi connectivity index (χ0n) is 6.41. The predicted molar refractivity (Wildman–Crippen MR) is 58.8 cm³/mol. The number of hydrogen-bond acceptors (Lipinski definition) is 3. The molecule has 0 atom stereocenters. The van der Waals surface area contributed by atoms with E-state index in [0.29, 0.717) is 5.56 Å². The Morgan fingerprint density at radius 2 is 2.15 bits per heavy atom. The molecule has 1 heterocycles. The van der Waals surface area contributed by atoms with E-state index in [9.17, 15) is 0 Å². The third-order valence-corrected chi connectivity index (χ3v) is 3.30. The topological polar surface area (TPSA) is 23.8 Å². The largest absolute Gasteiger partial charge is 0.192 e. The Labute approximate surface area is 90.0 Å². The molecule has 0 radical (unpaired) electrons. The third kappa shape index (κ3) is 1.53. The minimum Gasteiger partial charge on any atom is -0.192 e. The van der Waals surface area contributed by atoms with Crippen LogP contribution in [0.25, 0.3) is 10.1 Å². The normalized spacial score (nSPS) is 10.2. The van der Waals surface area contributed by atoms with Gasteiger partial charge in [-0.25, -0.2) is 0 Å². The van der Waals surface area contributed by atoms with Crippen LogP contribution in [0, 0.1) is 11.3 Å². The summed E-state index contributed by atoms with van der Waals surface area (Å²) in [5.74, 6) is 0. The van der Waals surface area contributed by atoms with Crippen LogP contribution in [0.1, 0.15) is 5.56 Å². The fourth-order valence-corrected chi connectivity index (χ4v) is 2.76. The summed E-state index contributed by atoms with van der Waals surface area (Å²) >= 11 is 11.6. The van der Waals surface area contributed by atoms with Crippen LogP contribution in [0.15, 0.2) is 23.1 Å². The lowest BCUT2D eigenvalue weighted by atomic mass is 10.2. The molecule has 64 valence electrons. The molecule has 0 unspecified atom stereocenters. The molecule has 4 heteroatoms. The van der Waals surface area contributed by atoms with E-state index in [4.69, 9.17) is 16.9 Å². The van der Waals surface area contributed by atoms with Gasteiger partial charge in [-0.2, -0.15) is 5.26 Å². The first kappa shape index (κ1) is 8.89. The average molecular weight is 226 g/mol. The van der Waals surface area contributed by atoms with Crippen molar-refractivity contribution in [2.24, 2.45) is 0 Å². The summed E-state index contributed by atoms with van der Waals surface area (Å²) in [6.45, 7) is 0. The molecule has 0 spiro atoms. The number of fused-ring (bicyclic) bond motifs is 1. The Bertz CT molecular complexity index is 510. The number of benzene rings is 1. The fourth-order valence-electron chi connectivity index (χ4n) is 1.15. The average Bonchev–Trinajstić information content (AvgIpc) is 2.46. The lowest BCUT2D eigenvalue weighted by molar-refractivity contribution is 1.46. The number of hydrogen-bond donors (Lipinski definition) is 1. The molecule has 2 aromatic rings. The van der Waals surface area contributed by atoms with Crippen molar-refractivity contribution in [2.45, 2.75) is 4.90 Å². The number of rotatable bonds is 0. The minimum absolute atomic E-state index is 0.621. The van der Waals surface area contributed by atoms with Gasteiger partial charge in [0, 0.05) is 15.0 Å². The van der Waals surface area contributed by atoms with Crippen molar-refractivity contribution in [1.82, 2.24) is 0 Å². The van der Waals surface area contributed by atoms with Gasteiger partial charge >= 0.3 is 0 Å². The molecule has 2 rings (SSSR count). The van der Waals surface area contributed by atoms with E-state index in [0.717, 1.165) is 19.3 Å². The summed E-state index contributed by atoms with van der Waals surface area (Å²) in [5, 5.41) is 9.73.